The number of hydrogen-bond donors (Lipinski definition) is 2. The maximum atomic E-state index is 12.3. The number of thiazole rings is 1. The highest BCUT2D eigenvalue weighted by molar-refractivity contribution is 7.22. The van der Waals surface area contributed by atoms with E-state index in [4.69, 9.17) is 11.6 Å². The molecule has 0 aliphatic rings. The molecule has 5 nitrogen and oxygen atoms in total. The molecule has 0 aliphatic carbocycles. The summed E-state index contributed by atoms with van der Waals surface area (Å²) in [5.74, 6) is -0.375. The van der Waals surface area contributed by atoms with E-state index in [0.29, 0.717) is 21.4 Å². The molecule has 0 fully saturated rings. The molecule has 0 unspecified atom stereocenters. The predicted molar refractivity (Wildman–Crippen MR) is 98.1 cm³/mol. The molecule has 0 bridgehead atoms. The van der Waals surface area contributed by atoms with E-state index in [2.05, 4.69) is 15.6 Å². The van der Waals surface area contributed by atoms with E-state index in [9.17, 15) is 9.59 Å². The van der Waals surface area contributed by atoms with Crippen molar-refractivity contribution in [3.05, 3.63) is 52.5 Å². The second-order valence-electron chi connectivity index (χ2n) is 5.30. The molecule has 3 rings (SSSR count). The van der Waals surface area contributed by atoms with Gasteiger partial charge in [-0.05, 0) is 48.9 Å². The first-order valence-corrected chi connectivity index (χ1v) is 8.37. The highest BCUT2D eigenvalue weighted by atomic mass is 35.5. The van der Waals surface area contributed by atoms with Crippen LogP contribution in [0.25, 0.3) is 10.2 Å². The third-order valence-corrected chi connectivity index (χ3v) is 4.50. The summed E-state index contributed by atoms with van der Waals surface area (Å²) >= 11 is 7.20. The number of carbonyl (C=O) groups excluding carboxylic acids is 2. The number of anilines is 2. The van der Waals surface area contributed by atoms with Crippen molar-refractivity contribution in [2.24, 2.45) is 0 Å². The number of halogens is 1. The van der Waals surface area contributed by atoms with Gasteiger partial charge in [0.15, 0.2) is 5.13 Å². The third kappa shape index (κ3) is 3.55. The molecule has 2 N–H and O–H groups in total. The van der Waals surface area contributed by atoms with Crippen molar-refractivity contribution in [1.29, 1.82) is 0 Å². The van der Waals surface area contributed by atoms with Crippen LogP contribution >= 0.6 is 22.9 Å². The van der Waals surface area contributed by atoms with Crippen LogP contribution in [0.5, 0.6) is 0 Å². The minimum atomic E-state index is -0.211. The number of aryl methyl sites for hydroxylation is 1. The van der Waals surface area contributed by atoms with Crippen LogP contribution in [0.15, 0.2) is 36.4 Å². The lowest BCUT2D eigenvalue weighted by Gasteiger charge is -2.07. The minimum absolute atomic E-state index is 0.164. The molecule has 0 saturated heterocycles. The molecular weight excluding hydrogens is 346 g/mol. The molecule has 1 heterocycles. The summed E-state index contributed by atoms with van der Waals surface area (Å²) < 4.78 is 0.894. The molecule has 0 spiro atoms. The molecular formula is C17H14ClN3O2S. The molecule has 7 heteroatoms. The topological polar surface area (TPSA) is 71.1 Å². The third-order valence-electron chi connectivity index (χ3n) is 3.33. The van der Waals surface area contributed by atoms with Gasteiger partial charge in [0.1, 0.15) is 0 Å². The maximum Gasteiger partial charge on any atom is 0.255 e. The van der Waals surface area contributed by atoms with Crippen molar-refractivity contribution in [1.82, 2.24) is 4.98 Å². The van der Waals surface area contributed by atoms with Gasteiger partial charge in [-0.1, -0.05) is 22.9 Å². The van der Waals surface area contributed by atoms with Crippen LogP contribution in [0.3, 0.4) is 0 Å². The quantitative estimate of drug-likeness (QED) is 0.724. The van der Waals surface area contributed by atoms with Gasteiger partial charge >= 0.3 is 0 Å². The van der Waals surface area contributed by atoms with Gasteiger partial charge in [0.05, 0.1) is 10.2 Å². The number of nitrogens with zero attached hydrogens (tertiary/aromatic N) is 1. The fourth-order valence-corrected chi connectivity index (χ4v) is 3.43. The van der Waals surface area contributed by atoms with Gasteiger partial charge in [0.2, 0.25) is 5.91 Å². The van der Waals surface area contributed by atoms with Crippen molar-refractivity contribution < 1.29 is 9.59 Å². The molecule has 24 heavy (non-hydrogen) atoms. The van der Waals surface area contributed by atoms with Gasteiger partial charge in [-0.3, -0.25) is 9.59 Å². The first-order valence-electron chi connectivity index (χ1n) is 7.18. The summed E-state index contributed by atoms with van der Waals surface area (Å²) in [4.78, 5) is 27.9. The lowest BCUT2D eigenvalue weighted by Crippen LogP contribution is -2.11. The number of rotatable bonds is 3. The van der Waals surface area contributed by atoms with Crippen LogP contribution in [-0.2, 0) is 4.79 Å². The Labute approximate surface area is 147 Å². The van der Waals surface area contributed by atoms with Crippen molar-refractivity contribution in [3.63, 3.8) is 0 Å². The summed E-state index contributed by atoms with van der Waals surface area (Å²) in [5.41, 5.74) is 2.94. The van der Waals surface area contributed by atoms with Gasteiger partial charge in [0.25, 0.3) is 5.91 Å². The fraction of sp³-hybridized carbons (Fsp3) is 0.118. The maximum absolute atomic E-state index is 12.3. The first kappa shape index (κ1) is 16.4. The van der Waals surface area contributed by atoms with Crippen molar-refractivity contribution in [3.8, 4) is 0 Å². The average Bonchev–Trinajstić information content (AvgIpc) is 2.90. The van der Waals surface area contributed by atoms with Crippen LogP contribution < -0.4 is 10.6 Å². The van der Waals surface area contributed by atoms with E-state index in [-0.39, 0.29) is 11.8 Å². The van der Waals surface area contributed by atoms with E-state index in [1.165, 1.54) is 18.3 Å². The van der Waals surface area contributed by atoms with E-state index in [1.54, 1.807) is 24.3 Å². The van der Waals surface area contributed by atoms with Crippen molar-refractivity contribution in [2.45, 2.75) is 13.8 Å². The SMILES string of the molecule is CC(=O)Nc1nc2c(C)cc(NC(=O)c3ccc(Cl)cc3)cc2s1. The number of aromatic nitrogens is 1. The lowest BCUT2D eigenvalue weighted by atomic mass is 10.1. The zero-order valence-electron chi connectivity index (χ0n) is 13.0. The van der Waals surface area contributed by atoms with Crippen LogP contribution in [0.2, 0.25) is 5.02 Å². The number of nitrogens with one attached hydrogen (secondary N) is 2. The summed E-state index contributed by atoms with van der Waals surface area (Å²) in [6.45, 7) is 3.36. The number of fused-ring (bicyclic) bond motifs is 1. The van der Waals surface area contributed by atoms with Crippen LogP contribution in [-0.4, -0.2) is 16.8 Å². The average molecular weight is 360 g/mol. The highest BCUT2D eigenvalue weighted by Crippen LogP contribution is 2.31. The lowest BCUT2D eigenvalue weighted by molar-refractivity contribution is -0.114. The van der Waals surface area contributed by atoms with E-state index in [1.807, 2.05) is 19.1 Å². The Hall–Kier alpha value is -2.44. The van der Waals surface area contributed by atoms with E-state index < -0.39 is 0 Å². The van der Waals surface area contributed by atoms with Gasteiger partial charge < -0.3 is 10.6 Å². The van der Waals surface area contributed by atoms with E-state index >= 15 is 0 Å². The predicted octanol–water partition coefficient (Wildman–Crippen LogP) is 4.47. The normalized spacial score (nSPS) is 10.6. The van der Waals surface area contributed by atoms with Gasteiger partial charge in [0, 0.05) is 23.2 Å². The minimum Gasteiger partial charge on any atom is -0.322 e. The zero-order chi connectivity index (χ0) is 17.3. The van der Waals surface area contributed by atoms with Gasteiger partial charge in [-0.15, -0.1) is 0 Å². The molecule has 1 aromatic heterocycles. The molecule has 0 radical (unpaired) electrons. The van der Waals surface area contributed by atoms with Crippen molar-refractivity contribution in [2.75, 3.05) is 10.6 Å². The Bertz CT molecular complexity index is 935. The summed E-state index contributed by atoms with van der Waals surface area (Å²) in [7, 11) is 0. The molecule has 0 saturated carbocycles. The molecule has 2 aromatic carbocycles. The second kappa shape index (κ2) is 6.59. The molecule has 0 aliphatic heterocycles. The Morgan fingerprint density at radius 1 is 1.12 bits per heavy atom. The largest absolute Gasteiger partial charge is 0.322 e. The summed E-state index contributed by atoms with van der Waals surface area (Å²) in [6, 6.07) is 10.4. The highest BCUT2D eigenvalue weighted by Gasteiger charge is 2.11. The Balaban J connectivity index is 1.88. The zero-order valence-corrected chi connectivity index (χ0v) is 14.6. The standard InChI is InChI=1S/C17H14ClN3O2S/c1-9-7-13(20-16(23)11-3-5-12(18)6-4-11)8-14-15(9)21-17(24-14)19-10(2)22/h3-8H,1-2H3,(H,20,23)(H,19,21,22). The number of amides is 2. The van der Waals surface area contributed by atoms with Crippen molar-refractivity contribution >= 4 is 55.8 Å². The molecule has 122 valence electrons. The molecule has 0 atom stereocenters. The monoisotopic (exact) mass is 359 g/mol. The Morgan fingerprint density at radius 3 is 2.50 bits per heavy atom. The van der Waals surface area contributed by atoms with Gasteiger partial charge in [-0.25, -0.2) is 4.98 Å². The van der Waals surface area contributed by atoms with E-state index in [0.717, 1.165) is 15.8 Å². The number of benzene rings is 2. The first-order chi connectivity index (χ1) is 11.4. The Morgan fingerprint density at radius 2 is 1.83 bits per heavy atom. The Kier molecular flexibility index (Phi) is 4.51. The molecule has 2 amide bonds. The number of hydrogen-bond acceptors (Lipinski definition) is 4. The van der Waals surface area contributed by atoms with Crippen LogP contribution in [0.1, 0.15) is 22.8 Å². The van der Waals surface area contributed by atoms with Crippen LogP contribution in [0, 0.1) is 6.92 Å². The smallest absolute Gasteiger partial charge is 0.255 e. The summed E-state index contributed by atoms with van der Waals surface area (Å²) in [5, 5.41) is 6.68. The number of carbonyl (C=O) groups is 2. The van der Waals surface area contributed by atoms with Gasteiger partial charge in [-0.2, -0.15) is 0 Å². The second-order valence-corrected chi connectivity index (χ2v) is 6.77. The van der Waals surface area contributed by atoms with Crippen LogP contribution in [0.4, 0.5) is 10.8 Å². The summed E-state index contributed by atoms with van der Waals surface area (Å²) in [6.07, 6.45) is 0. The fourth-order valence-electron chi connectivity index (χ4n) is 2.28. The molecule has 3 aromatic rings.